The Morgan fingerprint density at radius 3 is 2.41 bits per heavy atom. The van der Waals surface area contributed by atoms with Crippen molar-refractivity contribution in [1.82, 2.24) is 5.32 Å². The molecule has 2 rings (SSSR count). The molecule has 2 aliphatic carbocycles. The van der Waals surface area contributed by atoms with Crippen LogP contribution in [0.4, 0.5) is 0 Å². The van der Waals surface area contributed by atoms with Crippen molar-refractivity contribution in [3.05, 3.63) is 0 Å². The SMILES string of the molecule is O=C(O)C1(C(=O)NCCCC2CCCC2)CC1. The van der Waals surface area contributed by atoms with E-state index in [1.807, 2.05) is 0 Å². The number of carboxylic acids is 1. The fourth-order valence-corrected chi connectivity index (χ4v) is 2.72. The molecule has 0 aromatic rings. The maximum Gasteiger partial charge on any atom is 0.319 e. The molecule has 0 unspecified atom stereocenters. The summed E-state index contributed by atoms with van der Waals surface area (Å²) in [5, 5.41) is 11.7. The number of nitrogens with one attached hydrogen (secondary N) is 1. The van der Waals surface area contributed by atoms with E-state index in [1.54, 1.807) is 0 Å². The van der Waals surface area contributed by atoms with E-state index in [2.05, 4.69) is 5.32 Å². The second-order valence-electron chi connectivity index (χ2n) is 5.44. The van der Waals surface area contributed by atoms with E-state index < -0.39 is 11.4 Å². The minimum absolute atomic E-state index is 0.281. The van der Waals surface area contributed by atoms with Gasteiger partial charge in [0.25, 0.3) is 0 Å². The van der Waals surface area contributed by atoms with Crippen LogP contribution in [0.15, 0.2) is 0 Å². The van der Waals surface area contributed by atoms with Crippen molar-refractivity contribution in [1.29, 1.82) is 0 Å². The monoisotopic (exact) mass is 239 g/mol. The molecule has 96 valence electrons. The first-order valence-electron chi connectivity index (χ1n) is 6.67. The van der Waals surface area contributed by atoms with Gasteiger partial charge in [-0.25, -0.2) is 0 Å². The highest BCUT2D eigenvalue weighted by Crippen LogP contribution is 2.46. The van der Waals surface area contributed by atoms with E-state index in [4.69, 9.17) is 5.11 Å². The minimum atomic E-state index is -1.08. The number of carbonyl (C=O) groups is 2. The molecule has 0 aromatic heterocycles. The summed E-state index contributed by atoms with van der Waals surface area (Å²) in [5.74, 6) is -0.413. The molecular weight excluding hydrogens is 218 g/mol. The van der Waals surface area contributed by atoms with E-state index in [9.17, 15) is 9.59 Å². The van der Waals surface area contributed by atoms with Crippen LogP contribution in [-0.2, 0) is 9.59 Å². The average Bonchev–Trinajstić information content (AvgIpc) is 2.97. The molecule has 2 fully saturated rings. The standard InChI is InChI=1S/C13H21NO3/c15-11(13(7-8-13)12(16)17)14-9-3-6-10-4-1-2-5-10/h10H,1-9H2,(H,14,15)(H,16,17). The summed E-state index contributed by atoms with van der Waals surface area (Å²) in [6.45, 7) is 0.629. The molecule has 0 aliphatic heterocycles. The summed E-state index contributed by atoms with van der Waals surface area (Å²) in [4.78, 5) is 22.6. The van der Waals surface area contributed by atoms with Crippen molar-refractivity contribution < 1.29 is 14.7 Å². The third-order valence-electron chi connectivity index (χ3n) is 4.14. The summed E-state index contributed by atoms with van der Waals surface area (Å²) in [6, 6.07) is 0. The van der Waals surface area contributed by atoms with Crippen molar-refractivity contribution in [2.45, 2.75) is 51.4 Å². The predicted octanol–water partition coefficient (Wildman–Crippen LogP) is 1.94. The Labute approximate surface area is 102 Å². The van der Waals surface area contributed by atoms with Gasteiger partial charge in [0, 0.05) is 6.54 Å². The van der Waals surface area contributed by atoms with Gasteiger partial charge in [-0.3, -0.25) is 9.59 Å². The van der Waals surface area contributed by atoms with Gasteiger partial charge in [-0.05, 0) is 31.6 Å². The fraction of sp³-hybridized carbons (Fsp3) is 0.846. The number of carbonyl (C=O) groups excluding carboxylic acids is 1. The summed E-state index contributed by atoms with van der Waals surface area (Å²) >= 11 is 0. The molecule has 1 amide bonds. The maximum atomic E-state index is 11.7. The largest absolute Gasteiger partial charge is 0.480 e. The molecule has 2 N–H and O–H groups in total. The second-order valence-corrected chi connectivity index (χ2v) is 5.44. The molecule has 0 saturated heterocycles. The summed E-state index contributed by atoms with van der Waals surface area (Å²) < 4.78 is 0. The van der Waals surface area contributed by atoms with Gasteiger partial charge in [-0.1, -0.05) is 25.7 Å². The van der Waals surface area contributed by atoms with Crippen LogP contribution in [0.25, 0.3) is 0 Å². The van der Waals surface area contributed by atoms with Crippen LogP contribution in [0.1, 0.15) is 51.4 Å². The second kappa shape index (κ2) is 5.07. The summed E-state index contributed by atoms with van der Waals surface area (Å²) in [6.07, 6.45) is 8.48. The highest BCUT2D eigenvalue weighted by atomic mass is 16.4. The summed E-state index contributed by atoms with van der Waals surface area (Å²) in [7, 11) is 0. The van der Waals surface area contributed by atoms with Crippen LogP contribution in [0.3, 0.4) is 0 Å². The van der Waals surface area contributed by atoms with E-state index in [1.165, 1.54) is 32.1 Å². The first-order chi connectivity index (χ1) is 8.15. The number of aliphatic carboxylic acids is 1. The van der Waals surface area contributed by atoms with Gasteiger partial charge in [-0.2, -0.15) is 0 Å². The van der Waals surface area contributed by atoms with Crippen LogP contribution in [0, 0.1) is 11.3 Å². The average molecular weight is 239 g/mol. The van der Waals surface area contributed by atoms with Crippen LogP contribution in [0.5, 0.6) is 0 Å². The Bertz CT molecular complexity index is 304. The molecule has 4 nitrogen and oxygen atoms in total. The summed E-state index contributed by atoms with van der Waals surface area (Å²) in [5.41, 5.74) is -1.08. The molecule has 0 radical (unpaired) electrons. The number of hydrogen-bond donors (Lipinski definition) is 2. The number of amides is 1. The lowest BCUT2D eigenvalue weighted by atomic mass is 10.0. The molecule has 2 saturated carbocycles. The third kappa shape index (κ3) is 2.79. The Balaban J connectivity index is 1.62. The molecule has 17 heavy (non-hydrogen) atoms. The third-order valence-corrected chi connectivity index (χ3v) is 4.14. The molecule has 0 atom stereocenters. The highest BCUT2D eigenvalue weighted by Gasteiger charge is 2.56. The maximum absolute atomic E-state index is 11.7. The Morgan fingerprint density at radius 1 is 1.24 bits per heavy atom. The Hall–Kier alpha value is -1.06. The van der Waals surface area contributed by atoms with Gasteiger partial charge >= 0.3 is 5.97 Å². The fourth-order valence-electron chi connectivity index (χ4n) is 2.72. The molecule has 0 bridgehead atoms. The first kappa shape index (κ1) is 12.4. The molecule has 0 heterocycles. The van der Waals surface area contributed by atoms with Gasteiger partial charge in [0.05, 0.1) is 0 Å². The van der Waals surface area contributed by atoms with Crippen LogP contribution in [0.2, 0.25) is 0 Å². The smallest absolute Gasteiger partial charge is 0.319 e. The van der Waals surface area contributed by atoms with E-state index in [0.717, 1.165) is 12.3 Å². The van der Waals surface area contributed by atoms with E-state index >= 15 is 0 Å². The van der Waals surface area contributed by atoms with Gasteiger partial charge < -0.3 is 10.4 Å². The van der Waals surface area contributed by atoms with Crippen molar-refractivity contribution in [2.24, 2.45) is 11.3 Å². The highest BCUT2D eigenvalue weighted by molar-refractivity contribution is 6.04. The zero-order valence-electron chi connectivity index (χ0n) is 10.2. The zero-order chi connectivity index (χ0) is 12.3. The molecule has 2 aliphatic rings. The van der Waals surface area contributed by atoms with Crippen LogP contribution < -0.4 is 5.32 Å². The normalized spacial score (nSPS) is 22.4. The van der Waals surface area contributed by atoms with Gasteiger partial charge in [0.15, 0.2) is 0 Å². The van der Waals surface area contributed by atoms with Crippen molar-refractivity contribution in [2.75, 3.05) is 6.54 Å². The van der Waals surface area contributed by atoms with Gasteiger partial charge in [-0.15, -0.1) is 0 Å². The molecule has 0 aromatic carbocycles. The molecule has 4 heteroatoms. The predicted molar refractivity (Wildman–Crippen MR) is 63.5 cm³/mol. The van der Waals surface area contributed by atoms with Crippen molar-refractivity contribution in [3.63, 3.8) is 0 Å². The van der Waals surface area contributed by atoms with Crippen LogP contribution in [-0.4, -0.2) is 23.5 Å². The topological polar surface area (TPSA) is 66.4 Å². The quantitative estimate of drug-likeness (QED) is 0.550. The lowest BCUT2D eigenvalue weighted by molar-refractivity contribution is -0.149. The number of carboxylic acid groups (broad SMARTS) is 1. The Morgan fingerprint density at radius 2 is 1.88 bits per heavy atom. The molecule has 0 spiro atoms. The lowest BCUT2D eigenvalue weighted by Gasteiger charge is -2.12. The number of hydrogen-bond acceptors (Lipinski definition) is 2. The van der Waals surface area contributed by atoms with Gasteiger partial charge in [0.2, 0.25) is 5.91 Å². The zero-order valence-corrected chi connectivity index (χ0v) is 10.2. The van der Waals surface area contributed by atoms with Crippen molar-refractivity contribution >= 4 is 11.9 Å². The van der Waals surface area contributed by atoms with E-state index in [0.29, 0.717) is 19.4 Å². The molecular formula is C13H21NO3. The lowest BCUT2D eigenvalue weighted by Crippen LogP contribution is -2.37. The van der Waals surface area contributed by atoms with Crippen LogP contribution >= 0.6 is 0 Å². The van der Waals surface area contributed by atoms with E-state index in [-0.39, 0.29) is 5.91 Å². The Kier molecular flexibility index (Phi) is 3.69. The van der Waals surface area contributed by atoms with Crippen molar-refractivity contribution in [3.8, 4) is 0 Å². The number of rotatable bonds is 6. The minimum Gasteiger partial charge on any atom is -0.480 e. The first-order valence-corrected chi connectivity index (χ1v) is 6.67. The van der Waals surface area contributed by atoms with Gasteiger partial charge in [0.1, 0.15) is 5.41 Å².